The number of rotatable bonds is 2. The second kappa shape index (κ2) is 6.81. The average Bonchev–Trinajstić information content (AvgIpc) is 2.94. The van der Waals surface area contributed by atoms with Crippen molar-refractivity contribution in [3.63, 3.8) is 0 Å². The Labute approximate surface area is 166 Å². The number of piperidine rings is 1. The van der Waals surface area contributed by atoms with Gasteiger partial charge in [-0.2, -0.15) is 18.3 Å². The maximum Gasteiger partial charge on any atom is 0.416 e. The largest absolute Gasteiger partial charge is 0.416 e. The molecule has 2 N–H and O–H groups in total. The van der Waals surface area contributed by atoms with Crippen molar-refractivity contribution in [1.82, 2.24) is 20.1 Å². The molecule has 1 aromatic carbocycles. The van der Waals surface area contributed by atoms with E-state index in [4.69, 9.17) is 0 Å². The fraction of sp³-hybridized carbons (Fsp3) is 0.429. The summed E-state index contributed by atoms with van der Waals surface area (Å²) in [5, 5.41) is 20.2. The van der Waals surface area contributed by atoms with Crippen molar-refractivity contribution in [2.75, 3.05) is 0 Å². The number of pyridine rings is 1. The molecule has 29 heavy (non-hydrogen) atoms. The Morgan fingerprint density at radius 3 is 2.55 bits per heavy atom. The highest BCUT2D eigenvalue weighted by Crippen LogP contribution is 2.41. The Morgan fingerprint density at radius 2 is 1.90 bits per heavy atom. The molecule has 1 aliphatic rings. The molecule has 4 rings (SSSR count). The van der Waals surface area contributed by atoms with Crippen LogP contribution < -0.4 is 5.32 Å². The summed E-state index contributed by atoms with van der Waals surface area (Å²) in [5.41, 5.74) is 1.14. The molecule has 154 valence electrons. The number of nitrogens with zero attached hydrogens (tertiary/aromatic N) is 3. The van der Waals surface area contributed by atoms with Gasteiger partial charge in [0.2, 0.25) is 0 Å². The smallest absolute Gasteiger partial charge is 0.385 e. The first-order valence-corrected chi connectivity index (χ1v) is 9.52. The fourth-order valence-electron chi connectivity index (χ4n) is 4.32. The minimum Gasteiger partial charge on any atom is -0.385 e. The maximum absolute atomic E-state index is 12.9. The van der Waals surface area contributed by atoms with E-state index >= 15 is 0 Å². The summed E-state index contributed by atoms with van der Waals surface area (Å²) in [6.45, 7) is 3.88. The lowest BCUT2D eigenvalue weighted by atomic mass is 9.77. The Balaban J connectivity index is 1.66. The van der Waals surface area contributed by atoms with Crippen molar-refractivity contribution < 1.29 is 18.3 Å². The van der Waals surface area contributed by atoms with E-state index in [0.717, 1.165) is 34.4 Å². The summed E-state index contributed by atoms with van der Waals surface area (Å²) in [7, 11) is 1.84. The number of nitrogens with one attached hydrogen (secondary N) is 1. The second-order valence-electron chi connectivity index (χ2n) is 7.98. The zero-order valence-electron chi connectivity index (χ0n) is 16.5. The monoisotopic (exact) mass is 404 g/mol. The van der Waals surface area contributed by atoms with Crippen LogP contribution in [0.25, 0.3) is 11.0 Å². The van der Waals surface area contributed by atoms with Gasteiger partial charge >= 0.3 is 6.18 Å². The van der Waals surface area contributed by atoms with Crippen molar-refractivity contribution in [3.05, 3.63) is 58.9 Å². The minimum atomic E-state index is -4.40. The second-order valence-corrected chi connectivity index (χ2v) is 7.98. The van der Waals surface area contributed by atoms with E-state index in [1.54, 1.807) is 10.9 Å². The van der Waals surface area contributed by atoms with Crippen LogP contribution in [0.15, 0.2) is 36.5 Å². The lowest BCUT2D eigenvalue weighted by Crippen LogP contribution is -2.46. The number of hydrogen-bond donors (Lipinski definition) is 2. The van der Waals surface area contributed by atoms with Gasteiger partial charge in [-0.05, 0) is 56.0 Å². The van der Waals surface area contributed by atoms with Gasteiger partial charge in [0, 0.05) is 30.7 Å². The summed E-state index contributed by atoms with van der Waals surface area (Å²) in [4.78, 5) is 4.51. The van der Waals surface area contributed by atoms with Crippen LogP contribution in [-0.2, 0) is 18.8 Å². The Kier molecular flexibility index (Phi) is 4.66. The quantitative estimate of drug-likeness (QED) is 0.678. The number of fused-ring (bicyclic) bond motifs is 1. The van der Waals surface area contributed by atoms with Crippen molar-refractivity contribution >= 4 is 11.0 Å². The molecule has 2 aromatic heterocycles. The van der Waals surface area contributed by atoms with Gasteiger partial charge in [0.25, 0.3) is 0 Å². The van der Waals surface area contributed by atoms with Crippen LogP contribution in [0.2, 0.25) is 0 Å². The van der Waals surface area contributed by atoms with Gasteiger partial charge in [0.15, 0.2) is 5.65 Å². The zero-order valence-corrected chi connectivity index (χ0v) is 16.5. The SMILES string of the molecule is Cc1nn(C)c2ncc([C@@H]3CC(O)(c4ccc(C(F)(F)F)cc4)C[C@H](C)N3)cc12. The van der Waals surface area contributed by atoms with Crippen molar-refractivity contribution in [2.45, 2.75) is 50.6 Å². The lowest BCUT2D eigenvalue weighted by molar-refractivity contribution is -0.137. The van der Waals surface area contributed by atoms with Crippen LogP contribution in [0, 0.1) is 6.92 Å². The molecule has 1 fully saturated rings. The van der Waals surface area contributed by atoms with E-state index in [9.17, 15) is 18.3 Å². The van der Waals surface area contributed by atoms with Gasteiger partial charge in [-0.1, -0.05) is 12.1 Å². The van der Waals surface area contributed by atoms with E-state index in [0.29, 0.717) is 18.4 Å². The van der Waals surface area contributed by atoms with Gasteiger partial charge in [-0.3, -0.25) is 4.68 Å². The van der Waals surface area contributed by atoms with Gasteiger partial charge in [-0.15, -0.1) is 0 Å². The Morgan fingerprint density at radius 1 is 1.21 bits per heavy atom. The van der Waals surface area contributed by atoms with Crippen LogP contribution in [0.3, 0.4) is 0 Å². The minimum absolute atomic E-state index is 0.0215. The zero-order chi connectivity index (χ0) is 21.0. The van der Waals surface area contributed by atoms with Gasteiger partial charge in [-0.25, -0.2) is 4.98 Å². The molecule has 1 saturated heterocycles. The highest BCUT2D eigenvalue weighted by Gasteiger charge is 2.40. The molecule has 0 amide bonds. The maximum atomic E-state index is 12.9. The molecular weight excluding hydrogens is 381 g/mol. The molecule has 0 radical (unpaired) electrons. The predicted octanol–water partition coefficient (Wildman–Crippen LogP) is 4.00. The number of benzene rings is 1. The molecule has 0 saturated carbocycles. The summed E-state index contributed by atoms with van der Waals surface area (Å²) in [5.74, 6) is 0. The van der Waals surface area contributed by atoms with Crippen LogP contribution in [-0.4, -0.2) is 25.9 Å². The topological polar surface area (TPSA) is 63.0 Å². The molecule has 3 heterocycles. The average molecular weight is 404 g/mol. The highest BCUT2D eigenvalue weighted by atomic mass is 19.4. The van der Waals surface area contributed by atoms with Crippen LogP contribution >= 0.6 is 0 Å². The number of alkyl halides is 3. The molecule has 3 atom stereocenters. The number of hydrogen-bond acceptors (Lipinski definition) is 4. The predicted molar refractivity (Wildman–Crippen MR) is 103 cm³/mol. The third kappa shape index (κ3) is 3.62. The summed E-state index contributed by atoms with van der Waals surface area (Å²) < 4.78 is 40.4. The normalized spacial score (nSPS) is 25.5. The number of aryl methyl sites for hydroxylation is 2. The number of halogens is 3. The molecule has 0 bridgehead atoms. The van der Waals surface area contributed by atoms with E-state index in [1.807, 2.05) is 27.0 Å². The fourth-order valence-corrected chi connectivity index (χ4v) is 4.32. The number of aliphatic hydroxyl groups is 1. The van der Waals surface area contributed by atoms with Crippen molar-refractivity contribution in [2.24, 2.45) is 7.05 Å². The lowest BCUT2D eigenvalue weighted by Gasteiger charge is -2.41. The summed E-state index contributed by atoms with van der Waals surface area (Å²) >= 11 is 0. The van der Waals surface area contributed by atoms with Crippen molar-refractivity contribution in [1.29, 1.82) is 0 Å². The molecule has 3 aromatic rings. The Hall–Kier alpha value is -2.45. The molecule has 1 aliphatic heterocycles. The van der Waals surface area contributed by atoms with Crippen LogP contribution in [0.4, 0.5) is 13.2 Å². The van der Waals surface area contributed by atoms with Gasteiger partial charge < -0.3 is 10.4 Å². The first-order valence-electron chi connectivity index (χ1n) is 9.52. The van der Waals surface area contributed by atoms with E-state index in [2.05, 4.69) is 15.4 Å². The van der Waals surface area contributed by atoms with Crippen molar-refractivity contribution in [3.8, 4) is 0 Å². The molecular formula is C21H23F3N4O. The van der Waals surface area contributed by atoms with Crippen LogP contribution in [0.5, 0.6) is 0 Å². The molecule has 5 nitrogen and oxygen atoms in total. The third-order valence-electron chi connectivity index (χ3n) is 5.71. The van der Waals surface area contributed by atoms with Gasteiger partial charge in [0.1, 0.15) is 0 Å². The molecule has 0 aliphatic carbocycles. The third-order valence-corrected chi connectivity index (χ3v) is 5.71. The first kappa shape index (κ1) is 19.8. The van der Waals surface area contributed by atoms with E-state index in [1.165, 1.54) is 12.1 Å². The molecule has 0 spiro atoms. The molecule has 8 heteroatoms. The summed E-state index contributed by atoms with van der Waals surface area (Å²) in [6, 6.07) is 6.64. The van der Waals surface area contributed by atoms with E-state index in [-0.39, 0.29) is 12.1 Å². The standard InChI is InChI=1S/C21H23F3N4O/c1-12-9-20(29,15-4-6-16(7-5-15)21(22,23)24)10-18(26-12)14-8-17-13(2)27-28(3)19(17)25-11-14/h4-8,11-12,18,26,29H,9-10H2,1-3H3/t12-,18-,20?/m0/s1. The van der Waals surface area contributed by atoms with E-state index < -0.39 is 17.3 Å². The molecule has 1 unspecified atom stereocenters. The summed E-state index contributed by atoms with van der Waals surface area (Å²) in [6.07, 6.45) is -1.87. The first-order chi connectivity index (χ1) is 13.6. The number of aromatic nitrogens is 3. The highest BCUT2D eigenvalue weighted by molar-refractivity contribution is 5.78. The van der Waals surface area contributed by atoms with Gasteiger partial charge in [0.05, 0.1) is 16.9 Å². The van der Waals surface area contributed by atoms with Crippen LogP contribution in [0.1, 0.15) is 48.2 Å². The Bertz CT molecular complexity index is 1040.